The number of carboxylic acid groups (broad SMARTS) is 1. The smallest absolute Gasteiger partial charge is 0.407 e. The van der Waals surface area contributed by atoms with Crippen LogP contribution in [0.25, 0.3) is 0 Å². The summed E-state index contributed by atoms with van der Waals surface area (Å²) in [6.45, 7) is 4.56. The molecule has 4 amide bonds. The topological polar surface area (TPSA) is 160 Å². The summed E-state index contributed by atoms with van der Waals surface area (Å²) in [5, 5.41) is 11.8. The summed E-state index contributed by atoms with van der Waals surface area (Å²) in [5.41, 5.74) is 0.940. The van der Waals surface area contributed by atoms with Crippen LogP contribution in [0.15, 0.2) is 30.3 Å². The van der Waals surface area contributed by atoms with Gasteiger partial charge in [-0.25, -0.2) is 13.2 Å². The van der Waals surface area contributed by atoms with E-state index < -0.39 is 45.4 Å². The van der Waals surface area contributed by atoms with Crippen LogP contribution in [-0.2, 0) is 14.6 Å². The van der Waals surface area contributed by atoms with Crippen molar-refractivity contribution in [1.29, 1.82) is 0 Å². The van der Waals surface area contributed by atoms with E-state index in [0.29, 0.717) is 54.7 Å². The van der Waals surface area contributed by atoms with Crippen molar-refractivity contribution in [3.05, 3.63) is 52.6 Å². The van der Waals surface area contributed by atoms with Crippen molar-refractivity contribution in [3.63, 3.8) is 0 Å². The number of piperidine rings is 1. The van der Waals surface area contributed by atoms with E-state index in [1.807, 2.05) is 0 Å². The summed E-state index contributed by atoms with van der Waals surface area (Å²) in [6.07, 6.45) is 6.52. The second-order valence-electron chi connectivity index (χ2n) is 12.2. The maximum atomic E-state index is 13.9. The van der Waals surface area contributed by atoms with Crippen LogP contribution in [0.5, 0.6) is 11.5 Å². The number of unbranched alkanes of at least 4 members (excludes halogenated alkanes) is 3. The van der Waals surface area contributed by atoms with E-state index in [1.165, 1.54) is 25.0 Å². The summed E-state index contributed by atoms with van der Waals surface area (Å²) < 4.78 is 36.2. The highest BCUT2D eigenvalue weighted by atomic mass is 32.2. The zero-order chi connectivity index (χ0) is 35.0. The van der Waals surface area contributed by atoms with Crippen LogP contribution in [0.2, 0.25) is 0 Å². The standard InChI is InChI=1S/C35H43N3O9S/c1-5-47-31-21-26(13-14-30(31)46-3)29(22-48(4,44)45)38-33(40)27-19-25(20-28(36-23(2)39)32(27)34(38)41)12-10-8-6-7-9-11-24-15-17-37(18-16-24)35(42)43/h13-14,19-21,24,29H,5-9,11,15-18,22H2,1-4H3,(H,36,39)(H,42,43). The number of sulfone groups is 1. The van der Waals surface area contributed by atoms with Crippen molar-refractivity contribution >= 4 is 39.3 Å². The molecule has 0 aliphatic carbocycles. The minimum absolute atomic E-state index is 0.0213. The number of nitrogens with one attached hydrogen (secondary N) is 1. The van der Waals surface area contributed by atoms with Crippen molar-refractivity contribution in [1.82, 2.24) is 9.80 Å². The molecule has 2 aromatic rings. The second-order valence-corrected chi connectivity index (χ2v) is 14.4. The zero-order valence-electron chi connectivity index (χ0n) is 27.8. The molecule has 0 bridgehead atoms. The number of methoxy groups -OCH3 is 1. The number of benzene rings is 2. The SMILES string of the molecule is CCOc1cc(C(CS(C)(=O)=O)N2C(=O)c3cc(C#CCCCCCC4CCN(C(=O)O)CC4)cc(NC(C)=O)c3C2=O)ccc1OC. The molecule has 0 radical (unpaired) electrons. The van der Waals surface area contributed by atoms with Gasteiger partial charge in [0.05, 0.1) is 42.3 Å². The van der Waals surface area contributed by atoms with E-state index in [9.17, 15) is 27.6 Å². The number of anilines is 1. The molecule has 0 aromatic heterocycles. The molecule has 4 rings (SSSR count). The van der Waals surface area contributed by atoms with Crippen LogP contribution in [0.4, 0.5) is 10.5 Å². The van der Waals surface area contributed by atoms with Crippen molar-refractivity contribution < 1.29 is 42.2 Å². The summed E-state index contributed by atoms with van der Waals surface area (Å²) in [7, 11) is -2.22. The molecule has 13 heteroatoms. The lowest BCUT2D eigenvalue weighted by molar-refractivity contribution is -0.114. The fourth-order valence-corrected chi connectivity index (χ4v) is 7.12. The van der Waals surface area contributed by atoms with Crippen LogP contribution in [-0.4, -0.2) is 86.0 Å². The predicted molar refractivity (Wildman–Crippen MR) is 180 cm³/mol. The molecule has 0 saturated carbocycles. The first-order chi connectivity index (χ1) is 22.8. The highest BCUT2D eigenvalue weighted by Gasteiger charge is 2.44. The molecule has 2 aliphatic rings. The van der Waals surface area contributed by atoms with Gasteiger partial charge in [-0.1, -0.05) is 37.2 Å². The molecule has 1 saturated heterocycles. The minimum atomic E-state index is -3.69. The lowest BCUT2D eigenvalue weighted by atomic mass is 9.91. The summed E-state index contributed by atoms with van der Waals surface area (Å²) in [4.78, 5) is 53.5. The Hall–Kier alpha value is -4.57. The Bertz CT molecular complexity index is 1720. The van der Waals surface area contributed by atoms with Gasteiger partial charge in [-0.15, -0.1) is 0 Å². The van der Waals surface area contributed by atoms with Gasteiger partial charge in [0.15, 0.2) is 11.5 Å². The summed E-state index contributed by atoms with van der Waals surface area (Å²) >= 11 is 0. The molecule has 12 nitrogen and oxygen atoms in total. The molecule has 1 unspecified atom stereocenters. The first-order valence-corrected chi connectivity index (χ1v) is 18.2. The predicted octanol–water partition coefficient (Wildman–Crippen LogP) is 5.13. The van der Waals surface area contributed by atoms with Gasteiger partial charge in [-0.2, -0.15) is 0 Å². The molecule has 2 aliphatic heterocycles. The number of nitrogens with zero attached hydrogens (tertiary/aromatic N) is 2. The van der Waals surface area contributed by atoms with Crippen molar-refractivity contribution in [2.45, 2.75) is 64.8 Å². The fraction of sp³-hybridized carbons (Fsp3) is 0.486. The zero-order valence-corrected chi connectivity index (χ0v) is 28.7. The van der Waals surface area contributed by atoms with E-state index in [0.717, 1.165) is 49.7 Å². The third kappa shape index (κ3) is 9.07. The maximum absolute atomic E-state index is 13.9. The van der Waals surface area contributed by atoms with Crippen LogP contribution < -0.4 is 14.8 Å². The molecular formula is C35H43N3O9S. The highest BCUT2D eigenvalue weighted by Crippen LogP contribution is 2.39. The first-order valence-electron chi connectivity index (χ1n) is 16.1. The number of hydrogen-bond donors (Lipinski definition) is 2. The van der Waals surface area contributed by atoms with Gasteiger partial charge >= 0.3 is 6.09 Å². The van der Waals surface area contributed by atoms with Crippen LogP contribution in [0, 0.1) is 17.8 Å². The van der Waals surface area contributed by atoms with E-state index in [4.69, 9.17) is 14.6 Å². The molecule has 2 heterocycles. The highest BCUT2D eigenvalue weighted by molar-refractivity contribution is 7.90. The Morgan fingerprint density at radius 1 is 1.06 bits per heavy atom. The molecule has 48 heavy (non-hydrogen) atoms. The van der Waals surface area contributed by atoms with E-state index in [-0.39, 0.29) is 16.8 Å². The maximum Gasteiger partial charge on any atom is 0.407 e. The molecule has 1 fully saturated rings. The van der Waals surface area contributed by atoms with Gasteiger partial charge in [0.25, 0.3) is 11.8 Å². The molecule has 2 aromatic carbocycles. The van der Waals surface area contributed by atoms with E-state index in [2.05, 4.69) is 17.2 Å². The average molecular weight is 682 g/mol. The summed E-state index contributed by atoms with van der Waals surface area (Å²) in [5.74, 6) is 5.08. The number of ether oxygens (including phenoxy) is 2. The van der Waals surface area contributed by atoms with Gasteiger partial charge < -0.3 is 24.8 Å². The molecule has 2 N–H and O–H groups in total. The Morgan fingerprint density at radius 3 is 2.42 bits per heavy atom. The molecular weight excluding hydrogens is 638 g/mol. The number of carbonyl (C=O) groups is 4. The Balaban J connectivity index is 1.52. The Morgan fingerprint density at radius 2 is 1.79 bits per heavy atom. The molecule has 1 atom stereocenters. The number of carbonyl (C=O) groups excluding carboxylic acids is 3. The van der Waals surface area contributed by atoms with Gasteiger partial charge in [0, 0.05) is 38.3 Å². The van der Waals surface area contributed by atoms with E-state index >= 15 is 0 Å². The average Bonchev–Trinajstić information content (AvgIpc) is 3.28. The van der Waals surface area contributed by atoms with Crippen molar-refractivity contribution in [2.75, 3.05) is 44.1 Å². The lowest BCUT2D eigenvalue weighted by Crippen LogP contribution is -2.37. The normalized spacial score (nSPS) is 15.4. The molecule has 0 spiro atoms. The quantitative estimate of drug-likeness (QED) is 0.166. The molecule has 258 valence electrons. The third-order valence-corrected chi connectivity index (χ3v) is 9.43. The van der Waals surface area contributed by atoms with Crippen molar-refractivity contribution in [3.8, 4) is 23.3 Å². The number of likely N-dealkylation sites (tertiary alicyclic amines) is 1. The fourth-order valence-electron chi connectivity index (χ4n) is 6.20. The monoisotopic (exact) mass is 681 g/mol. The van der Waals surface area contributed by atoms with Gasteiger partial charge in [-0.05, 0) is 61.9 Å². The number of fused-ring (bicyclic) bond motifs is 1. The van der Waals surface area contributed by atoms with Crippen LogP contribution in [0.1, 0.15) is 96.7 Å². The number of hydrogen-bond acceptors (Lipinski definition) is 8. The number of imide groups is 1. The Kier molecular flexibility index (Phi) is 12.1. The van der Waals surface area contributed by atoms with Gasteiger partial charge in [-0.3, -0.25) is 19.3 Å². The minimum Gasteiger partial charge on any atom is -0.493 e. The van der Waals surface area contributed by atoms with Crippen LogP contribution in [0.3, 0.4) is 0 Å². The van der Waals surface area contributed by atoms with E-state index in [1.54, 1.807) is 31.2 Å². The second kappa shape index (κ2) is 16.0. The Labute approximate surface area is 281 Å². The van der Waals surface area contributed by atoms with Gasteiger partial charge in [0.1, 0.15) is 9.84 Å². The third-order valence-electron chi connectivity index (χ3n) is 8.51. The number of amides is 4. The first kappa shape index (κ1) is 36.3. The lowest BCUT2D eigenvalue weighted by Gasteiger charge is -2.29. The van der Waals surface area contributed by atoms with Crippen LogP contribution >= 0.6 is 0 Å². The van der Waals surface area contributed by atoms with Crippen molar-refractivity contribution in [2.24, 2.45) is 5.92 Å². The summed E-state index contributed by atoms with van der Waals surface area (Å²) in [6, 6.07) is 6.63. The van der Waals surface area contributed by atoms with Gasteiger partial charge in [0.2, 0.25) is 5.91 Å². The largest absolute Gasteiger partial charge is 0.493 e. The number of rotatable bonds is 13.